The van der Waals surface area contributed by atoms with Crippen LogP contribution in [-0.2, 0) is 4.79 Å². The molecule has 0 aromatic heterocycles. The fourth-order valence-electron chi connectivity index (χ4n) is 0.794. The zero-order chi connectivity index (χ0) is 9.84. The highest BCUT2D eigenvalue weighted by Gasteiger charge is 2.04. The molecule has 0 atom stereocenters. The minimum atomic E-state index is -0.348. The van der Waals surface area contributed by atoms with E-state index in [-0.39, 0.29) is 17.5 Å². The van der Waals surface area contributed by atoms with E-state index in [1.807, 2.05) is 0 Å². The first-order valence-electron chi connectivity index (χ1n) is 3.48. The van der Waals surface area contributed by atoms with Crippen molar-refractivity contribution in [3.8, 4) is 5.75 Å². The second kappa shape index (κ2) is 4.48. The van der Waals surface area contributed by atoms with Gasteiger partial charge in [-0.1, -0.05) is 15.9 Å². The summed E-state index contributed by atoms with van der Waals surface area (Å²) in [6, 6.07) is 4.79. The molecule has 0 saturated carbocycles. The maximum atomic E-state index is 10.9. The van der Waals surface area contributed by atoms with Gasteiger partial charge in [-0.25, -0.2) is 0 Å². The first-order chi connectivity index (χ1) is 6.13. The minimum Gasteiger partial charge on any atom is -0.506 e. The van der Waals surface area contributed by atoms with Crippen LogP contribution in [0.4, 0.5) is 5.69 Å². The van der Waals surface area contributed by atoms with Gasteiger partial charge in [0.05, 0.1) is 5.69 Å². The van der Waals surface area contributed by atoms with Gasteiger partial charge in [0.2, 0.25) is 5.91 Å². The summed E-state index contributed by atoms with van der Waals surface area (Å²) in [7, 11) is 0. The lowest BCUT2D eigenvalue weighted by Crippen LogP contribution is -2.12. The summed E-state index contributed by atoms with van der Waals surface area (Å²) >= 11 is 8.46. The maximum absolute atomic E-state index is 10.9. The van der Waals surface area contributed by atoms with Crippen molar-refractivity contribution in [2.45, 2.75) is 0 Å². The van der Waals surface area contributed by atoms with E-state index < -0.39 is 0 Å². The van der Waals surface area contributed by atoms with E-state index in [9.17, 15) is 9.90 Å². The predicted octanol–water partition coefficient (Wildman–Crippen LogP) is 2.33. The SMILES string of the molecule is O=C(CCl)Nc1ccc(Br)cc1O. The van der Waals surface area contributed by atoms with E-state index in [0.717, 1.165) is 4.47 Å². The van der Waals surface area contributed by atoms with Crippen LogP contribution in [0.25, 0.3) is 0 Å². The van der Waals surface area contributed by atoms with E-state index in [4.69, 9.17) is 11.6 Å². The Morgan fingerprint density at radius 3 is 2.85 bits per heavy atom. The van der Waals surface area contributed by atoms with Crippen LogP contribution >= 0.6 is 27.5 Å². The molecule has 1 aromatic rings. The molecule has 0 radical (unpaired) electrons. The summed E-state index contributed by atoms with van der Waals surface area (Å²) < 4.78 is 0.744. The molecule has 0 bridgehead atoms. The number of rotatable bonds is 2. The van der Waals surface area contributed by atoms with Crippen LogP contribution in [0.1, 0.15) is 0 Å². The number of aromatic hydroxyl groups is 1. The number of hydrogen-bond acceptors (Lipinski definition) is 2. The standard InChI is InChI=1S/C8H7BrClNO2/c9-5-1-2-6(7(12)3-5)11-8(13)4-10/h1-3,12H,4H2,(H,11,13). The molecule has 1 rings (SSSR count). The largest absolute Gasteiger partial charge is 0.506 e. The van der Waals surface area contributed by atoms with Crippen LogP contribution in [0.15, 0.2) is 22.7 Å². The van der Waals surface area contributed by atoms with Crippen molar-refractivity contribution in [1.82, 2.24) is 0 Å². The highest BCUT2D eigenvalue weighted by Crippen LogP contribution is 2.26. The van der Waals surface area contributed by atoms with Crippen molar-refractivity contribution in [2.75, 3.05) is 11.2 Å². The van der Waals surface area contributed by atoms with E-state index in [0.29, 0.717) is 5.69 Å². The molecule has 1 aromatic carbocycles. The summed E-state index contributed by atoms with van der Waals surface area (Å²) in [5.74, 6) is -0.470. The molecule has 0 aliphatic heterocycles. The zero-order valence-electron chi connectivity index (χ0n) is 6.55. The van der Waals surface area contributed by atoms with Gasteiger partial charge in [0.1, 0.15) is 11.6 Å². The molecule has 2 N–H and O–H groups in total. The van der Waals surface area contributed by atoms with Gasteiger partial charge in [0, 0.05) is 4.47 Å². The lowest BCUT2D eigenvalue weighted by molar-refractivity contribution is -0.113. The zero-order valence-corrected chi connectivity index (χ0v) is 8.89. The number of phenolic OH excluding ortho intramolecular Hbond substituents is 1. The Morgan fingerprint density at radius 1 is 1.62 bits per heavy atom. The molecule has 5 heteroatoms. The third kappa shape index (κ3) is 2.90. The first kappa shape index (κ1) is 10.3. The lowest BCUT2D eigenvalue weighted by Gasteiger charge is -2.05. The molecule has 70 valence electrons. The fourth-order valence-corrected chi connectivity index (χ4v) is 1.21. The Labute approximate surface area is 88.8 Å². The van der Waals surface area contributed by atoms with Crippen LogP contribution in [0.2, 0.25) is 0 Å². The van der Waals surface area contributed by atoms with Gasteiger partial charge >= 0.3 is 0 Å². The van der Waals surface area contributed by atoms with Crippen molar-refractivity contribution in [3.63, 3.8) is 0 Å². The third-order valence-electron chi connectivity index (χ3n) is 1.36. The van der Waals surface area contributed by atoms with Crippen molar-refractivity contribution in [1.29, 1.82) is 0 Å². The molecular weight excluding hydrogens is 257 g/mol. The molecule has 0 heterocycles. The minimum absolute atomic E-state index is 0.00726. The van der Waals surface area contributed by atoms with Gasteiger partial charge in [-0.2, -0.15) is 0 Å². The maximum Gasteiger partial charge on any atom is 0.239 e. The van der Waals surface area contributed by atoms with Gasteiger partial charge in [-0.3, -0.25) is 4.79 Å². The molecule has 0 fully saturated rings. The molecule has 0 aliphatic rings. The molecule has 3 nitrogen and oxygen atoms in total. The number of amides is 1. The topological polar surface area (TPSA) is 49.3 Å². The van der Waals surface area contributed by atoms with Gasteiger partial charge in [-0.15, -0.1) is 11.6 Å². The second-order valence-corrected chi connectivity index (χ2v) is 3.53. The van der Waals surface area contributed by atoms with Crippen molar-refractivity contribution < 1.29 is 9.90 Å². The van der Waals surface area contributed by atoms with E-state index in [1.165, 1.54) is 6.07 Å². The number of carbonyl (C=O) groups is 1. The number of carbonyl (C=O) groups excluding carboxylic acids is 1. The Morgan fingerprint density at radius 2 is 2.31 bits per heavy atom. The first-order valence-corrected chi connectivity index (χ1v) is 4.80. The highest BCUT2D eigenvalue weighted by molar-refractivity contribution is 9.10. The highest BCUT2D eigenvalue weighted by atomic mass is 79.9. The molecule has 0 unspecified atom stereocenters. The summed E-state index contributed by atoms with van der Waals surface area (Å²) in [4.78, 5) is 10.9. The molecule has 0 spiro atoms. The monoisotopic (exact) mass is 263 g/mol. The van der Waals surface area contributed by atoms with Crippen LogP contribution in [0.3, 0.4) is 0 Å². The van der Waals surface area contributed by atoms with Gasteiger partial charge in [0.15, 0.2) is 0 Å². The molecule has 13 heavy (non-hydrogen) atoms. The van der Waals surface area contributed by atoms with Crippen LogP contribution in [0, 0.1) is 0 Å². The smallest absolute Gasteiger partial charge is 0.239 e. The molecule has 0 saturated heterocycles. The summed E-state index contributed by atoms with van der Waals surface area (Å²) in [6.07, 6.45) is 0. The Kier molecular flexibility index (Phi) is 3.57. The van der Waals surface area contributed by atoms with Crippen LogP contribution < -0.4 is 5.32 Å². The van der Waals surface area contributed by atoms with Gasteiger partial charge in [-0.05, 0) is 18.2 Å². The summed E-state index contributed by atoms with van der Waals surface area (Å²) in [6.45, 7) is 0. The van der Waals surface area contributed by atoms with Gasteiger partial charge < -0.3 is 10.4 Å². The Bertz CT molecular complexity index is 330. The second-order valence-electron chi connectivity index (χ2n) is 2.34. The van der Waals surface area contributed by atoms with Crippen molar-refractivity contribution >= 4 is 39.1 Å². The number of halogens is 2. The van der Waals surface area contributed by atoms with E-state index >= 15 is 0 Å². The van der Waals surface area contributed by atoms with Crippen LogP contribution in [-0.4, -0.2) is 16.9 Å². The average Bonchev–Trinajstić information content (AvgIpc) is 2.09. The normalized spacial score (nSPS) is 9.69. The fraction of sp³-hybridized carbons (Fsp3) is 0.125. The molecule has 0 aliphatic carbocycles. The van der Waals surface area contributed by atoms with E-state index in [1.54, 1.807) is 12.1 Å². The Balaban J connectivity index is 2.83. The average molecular weight is 265 g/mol. The number of alkyl halides is 1. The number of nitrogens with one attached hydrogen (secondary N) is 1. The quantitative estimate of drug-likeness (QED) is 0.636. The molecular formula is C8H7BrClNO2. The number of hydrogen-bond donors (Lipinski definition) is 2. The number of anilines is 1. The predicted molar refractivity (Wildman–Crippen MR) is 55.2 cm³/mol. The molecule has 1 amide bonds. The van der Waals surface area contributed by atoms with Crippen LogP contribution in [0.5, 0.6) is 5.75 Å². The van der Waals surface area contributed by atoms with Gasteiger partial charge in [0.25, 0.3) is 0 Å². The van der Waals surface area contributed by atoms with Crippen molar-refractivity contribution in [3.05, 3.63) is 22.7 Å². The third-order valence-corrected chi connectivity index (χ3v) is 2.09. The van der Waals surface area contributed by atoms with E-state index in [2.05, 4.69) is 21.2 Å². The number of benzene rings is 1. The summed E-state index contributed by atoms with van der Waals surface area (Å²) in [5, 5.41) is 11.8. The number of phenols is 1. The Hall–Kier alpha value is -0.740. The summed E-state index contributed by atoms with van der Waals surface area (Å²) in [5.41, 5.74) is 0.355. The lowest BCUT2D eigenvalue weighted by atomic mass is 10.3. The van der Waals surface area contributed by atoms with Crippen molar-refractivity contribution in [2.24, 2.45) is 0 Å².